The predicted molar refractivity (Wildman–Crippen MR) is 72.2 cm³/mol. The fourth-order valence-electron chi connectivity index (χ4n) is 3.33. The molecule has 2 aliphatic rings. The second-order valence-corrected chi connectivity index (χ2v) is 6.11. The first-order chi connectivity index (χ1) is 8.40. The van der Waals surface area contributed by atoms with E-state index in [0.29, 0.717) is 0 Å². The minimum Gasteiger partial charge on any atom is -0.290 e. The van der Waals surface area contributed by atoms with Gasteiger partial charge in [-0.25, -0.2) is 0 Å². The molecular formula is C15H21NO2. The summed E-state index contributed by atoms with van der Waals surface area (Å²) in [4.78, 5) is 23.0. The molecule has 0 aromatic carbocycles. The molecule has 2 rings (SSSR count). The average molecular weight is 247 g/mol. The minimum atomic E-state index is -0.112. The fraction of sp³-hybridized carbons (Fsp3) is 0.667. The summed E-state index contributed by atoms with van der Waals surface area (Å²) < 4.78 is 0. The number of nitrogens with zero attached hydrogens (tertiary/aromatic N) is 1. The summed E-state index contributed by atoms with van der Waals surface area (Å²) in [6.45, 7) is 8.24. The van der Waals surface area contributed by atoms with Gasteiger partial charge in [0.05, 0.1) is 6.04 Å². The zero-order valence-corrected chi connectivity index (χ0v) is 11.6. The summed E-state index contributed by atoms with van der Waals surface area (Å²) >= 11 is 0. The number of carbonyl (C=O) groups is 1. The van der Waals surface area contributed by atoms with E-state index in [1.165, 1.54) is 5.57 Å². The van der Waals surface area contributed by atoms with E-state index >= 15 is 0 Å². The van der Waals surface area contributed by atoms with E-state index in [0.717, 1.165) is 30.4 Å². The quantitative estimate of drug-likeness (QED) is 0.522. The fourth-order valence-corrected chi connectivity index (χ4v) is 3.33. The smallest absolute Gasteiger partial charge is 0.181 e. The summed E-state index contributed by atoms with van der Waals surface area (Å²) in [5.41, 5.74) is 3.15. The van der Waals surface area contributed by atoms with E-state index in [-0.39, 0.29) is 23.2 Å². The maximum Gasteiger partial charge on any atom is 0.181 e. The molecule has 1 fully saturated rings. The standard InChI is InChI=1S/C15H21NO2/c1-9(2)12-8-15(4)10(3)13(16-18)6-5-11(15)7-14(12)17/h7,10,13H,5-6,8H2,1-4H3. The molecule has 0 N–H and O–H groups in total. The van der Waals surface area contributed by atoms with Crippen molar-refractivity contribution in [1.82, 2.24) is 0 Å². The number of hydrogen-bond acceptors (Lipinski definition) is 3. The highest BCUT2D eigenvalue weighted by molar-refractivity contribution is 6.06. The number of hydrogen-bond donors (Lipinski definition) is 0. The maximum atomic E-state index is 12.1. The van der Waals surface area contributed by atoms with Crippen molar-refractivity contribution in [2.24, 2.45) is 16.5 Å². The van der Waals surface area contributed by atoms with Crippen LogP contribution in [0.2, 0.25) is 0 Å². The lowest BCUT2D eigenvalue weighted by atomic mass is 9.58. The molecule has 0 saturated heterocycles. The van der Waals surface area contributed by atoms with Gasteiger partial charge in [-0.1, -0.05) is 30.2 Å². The third-order valence-electron chi connectivity index (χ3n) is 4.91. The average Bonchev–Trinajstić information content (AvgIpc) is 2.32. The summed E-state index contributed by atoms with van der Waals surface area (Å²) in [6, 6.07) is -0.112. The van der Waals surface area contributed by atoms with E-state index in [1.807, 2.05) is 19.9 Å². The van der Waals surface area contributed by atoms with Crippen LogP contribution >= 0.6 is 0 Å². The first-order valence-electron chi connectivity index (χ1n) is 6.64. The molecule has 0 heterocycles. The Balaban J connectivity index is 2.46. The molecule has 0 bridgehead atoms. The van der Waals surface area contributed by atoms with Gasteiger partial charge in [0.2, 0.25) is 0 Å². The molecule has 0 radical (unpaired) electrons. The van der Waals surface area contributed by atoms with Crippen LogP contribution in [0.15, 0.2) is 28.0 Å². The molecule has 3 unspecified atom stereocenters. The molecule has 0 aliphatic heterocycles. The van der Waals surface area contributed by atoms with Crippen molar-refractivity contribution in [3.63, 3.8) is 0 Å². The van der Waals surface area contributed by atoms with Gasteiger partial charge < -0.3 is 0 Å². The van der Waals surface area contributed by atoms with Crippen LogP contribution in [0, 0.1) is 16.2 Å². The van der Waals surface area contributed by atoms with Crippen LogP contribution in [-0.2, 0) is 4.79 Å². The molecule has 2 aliphatic carbocycles. The zero-order valence-electron chi connectivity index (χ0n) is 11.6. The molecule has 0 aromatic heterocycles. The highest BCUT2D eigenvalue weighted by Gasteiger charge is 2.46. The second-order valence-electron chi connectivity index (χ2n) is 6.11. The molecule has 3 nitrogen and oxygen atoms in total. The molecule has 3 heteroatoms. The number of carbonyl (C=O) groups excluding carboxylic acids is 1. The molecule has 0 aromatic rings. The van der Waals surface area contributed by atoms with Gasteiger partial charge >= 0.3 is 0 Å². The highest BCUT2D eigenvalue weighted by atomic mass is 16.3. The number of nitroso groups, excluding NO2 is 1. The Labute approximate surface area is 108 Å². The summed E-state index contributed by atoms with van der Waals surface area (Å²) in [7, 11) is 0. The van der Waals surface area contributed by atoms with Gasteiger partial charge in [0, 0.05) is 0 Å². The Morgan fingerprint density at radius 2 is 2.11 bits per heavy atom. The van der Waals surface area contributed by atoms with Gasteiger partial charge in [0.25, 0.3) is 0 Å². The maximum absolute atomic E-state index is 12.1. The van der Waals surface area contributed by atoms with Crippen LogP contribution in [0.4, 0.5) is 0 Å². The molecule has 3 atom stereocenters. The first kappa shape index (κ1) is 13.2. The summed E-state index contributed by atoms with van der Waals surface area (Å²) in [5.74, 6) is 0.365. The first-order valence-corrected chi connectivity index (χ1v) is 6.64. The third kappa shape index (κ3) is 1.86. The Bertz CT molecular complexity index is 457. The topological polar surface area (TPSA) is 46.5 Å². The van der Waals surface area contributed by atoms with E-state index in [1.54, 1.807) is 0 Å². The largest absolute Gasteiger partial charge is 0.290 e. The Morgan fingerprint density at radius 3 is 2.67 bits per heavy atom. The van der Waals surface area contributed by atoms with Gasteiger partial charge in [-0.15, -0.1) is 0 Å². The lowest BCUT2D eigenvalue weighted by Crippen LogP contribution is -2.42. The van der Waals surface area contributed by atoms with Crippen molar-refractivity contribution in [3.05, 3.63) is 27.7 Å². The summed E-state index contributed by atoms with van der Waals surface area (Å²) in [6.07, 6.45) is 4.18. The van der Waals surface area contributed by atoms with Crippen LogP contribution in [0.1, 0.15) is 47.0 Å². The van der Waals surface area contributed by atoms with Crippen molar-refractivity contribution in [2.45, 2.75) is 53.0 Å². The van der Waals surface area contributed by atoms with E-state index in [4.69, 9.17) is 0 Å². The Kier molecular flexibility index (Phi) is 3.26. The second kappa shape index (κ2) is 4.45. The van der Waals surface area contributed by atoms with E-state index in [2.05, 4.69) is 19.0 Å². The van der Waals surface area contributed by atoms with Gasteiger partial charge in [-0.3, -0.25) is 4.79 Å². The minimum absolute atomic E-state index is 0.0721. The van der Waals surface area contributed by atoms with Gasteiger partial charge in [0.1, 0.15) is 0 Å². The number of fused-ring (bicyclic) bond motifs is 1. The number of rotatable bonds is 1. The van der Waals surface area contributed by atoms with Crippen molar-refractivity contribution in [3.8, 4) is 0 Å². The van der Waals surface area contributed by atoms with Crippen LogP contribution in [-0.4, -0.2) is 11.8 Å². The molecule has 0 spiro atoms. The third-order valence-corrected chi connectivity index (χ3v) is 4.91. The molecule has 18 heavy (non-hydrogen) atoms. The summed E-state index contributed by atoms with van der Waals surface area (Å²) in [5, 5.41) is 3.28. The van der Waals surface area contributed by atoms with Crippen LogP contribution in [0.25, 0.3) is 0 Å². The lowest BCUT2D eigenvalue weighted by molar-refractivity contribution is -0.112. The van der Waals surface area contributed by atoms with Crippen LogP contribution < -0.4 is 0 Å². The van der Waals surface area contributed by atoms with Gasteiger partial charge in [-0.2, -0.15) is 4.91 Å². The van der Waals surface area contributed by atoms with Crippen molar-refractivity contribution in [2.75, 3.05) is 0 Å². The molecule has 0 amide bonds. The number of ketones is 1. The van der Waals surface area contributed by atoms with Crippen molar-refractivity contribution in [1.29, 1.82) is 0 Å². The van der Waals surface area contributed by atoms with Crippen molar-refractivity contribution >= 4 is 5.78 Å². The normalized spacial score (nSPS) is 35.9. The van der Waals surface area contributed by atoms with E-state index in [9.17, 15) is 9.70 Å². The number of allylic oxidation sites excluding steroid dienone is 4. The van der Waals surface area contributed by atoms with E-state index < -0.39 is 0 Å². The van der Waals surface area contributed by atoms with Crippen LogP contribution in [0.3, 0.4) is 0 Å². The van der Waals surface area contributed by atoms with Crippen molar-refractivity contribution < 1.29 is 4.79 Å². The molecular weight excluding hydrogens is 226 g/mol. The SMILES string of the molecule is CC(C)=C1CC2(C)C(=CC1=O)CCC(N=O)C2C. The monoisotopic (exact) mass is 247 g/mol. The van der Waals surface area contributed by atoms with Crippen LogP contribution in [0.5, 0.6) is 0 Å². The Hall–Kier alpha value is -1.25. The Morgan fingerprint density at radius 1 is 1.44 bits per heavy atom. The van der Waals surface area contributed by atoms with Gasteiger partial charge in [0.15, 0.2) is 5.78 Å². The lowest BCUT2D eigenvalue weighted by Gasteiger charge is -2.46. The highest BCUT2D eigenvalue weighted by Crippen LogP contribution is 2.52. The predicted octanol–water partition coefficient (Wildman–Crippen LogP) is 3.79. The zero-order chi connectivity index (χ0) is 13.5. The molecule has 98 valence electrons. The molecule has 1 saturated carbocycles. The van der Waals surface area contributed by atoms with Gasteiger partial charge in [-0.05, 0) is 56.1 Å².